The molecule has 0 bridgehead atoms. The van der Waals surface area contributed by atoms with Gasteiger partial charge < -0.3 is 19.0 Å². The first-order chi connectivity index (χ1) is 14.5. The van der Waals surface area contributed by atoms with E-state index in [0.717, 1.165) is 18.8 Å². The Hall–Kier alpha value is -3.27. The Morgan fingerprint density at radius 3 is 2.60 bits per heavy atom. The van der Waals surface area contributed by atoms with Gasteiger partial charge in [-0.05, 0) is 19.1 Å². The first-order valence-corrected chi connectivity index (χ1v) is 10.8. The van der Waals surface area contributed by atoms with Gasteiger partial charge in [-0.2, -0.15) is 13.5 Å². The fraction of sp³-hybridized carbons (Fsp3) is 0.300. The Morgan fingerprint density at radius 2 is 1.90 bits per heavy atom. The summed E-state index contributed by atoms with van der Waals surface area (Å²) in [5.74, 6) is 1.61. The molecular weight excluding hydrogens is 408 g/mol. The number of methoxy groups -OCH3 is 1. The zero-order chi connectivity index (χ0) is 21.4. The van der Waals surface area contributed by atoms with E-state index in [2.05, 4.69) is 20.8 Å². The summed E-state index contributed by atoms with van der Waals surface area (Å²) in [5.41, 5.74) is 3.69. The minimum Gasteiger partial charge on any atom is -0.496 e. The number of rotatable bonds is 9. The molecule has 0 saturated heterocycles. The van der Waals surface area contributed by atoms with E-state index in [1.807, 2.05) is 6.92 Å². The SMILES string of the molecule is COc1cc(OCC/C(C)=N/NC2=NCCN2)cc(OS(=O)(=O)c2ccccc2)c1. The van der Waals surface area contributed by atoms with Crippen LogP contribution in [-0.4, -0.2) is 46.9 Å². The van der Waals surface area contributed by atoms with E-state index in [9.17, 15) is 8.42 Å². The molecule has 0 amide bonds. The number of aliphatic imine (C=N–C) groups is 1. The van der Waals surface area contributed by atoms with E-state index in [-0.39, 0.29) is 10.6 Å². The molecule has 2 N–H and O–H groups in total. The van der Waals surface area contributed by atoms with Crippen molar-refractivity contribution in [1.29, 1.82) is 0 Å². The molecule has 9 nitrogen and oxygen atoms in total. The lowest BCUT2D eigenvalue weighted by Gasteiger charge is -2.12. The Bertz CT molecular complexity index is 1020. The van der Waals surface area contributed by atoms with Crippen LogP contribution in [0.3, 0.4) is 0 Å². The molecule has 3 rings (SSSR count). The minimum absolute atomic E-state index is 0.0657. The molecule has 0 fully saturated rings. The lowest BCUT2D eigenvalue weighted by atomic mass is 10.3. The van der Waals surface area contributed by atoms with Crippen LogP contribution in [0.4, 0.5) is 0 Å². The molecule has 160 valence electrons. The van der Waals surface area contributed by atoms with Crippen molar-refractivity contribution in [2.75, 3.05) is 26.8 Å². The van der Waals surface area contributed by atoms with Crippen LogP contribution in [0.25, 0.3) is 0 Å². The normalized spacial score (nSPS) is 13.9. The van der Waals surface area contributed by atoms with Gasteiger partial charge >= 0.3 is 10.1 Å². The van der Waals surface area contributed by atoms with Crippen molar-refractivity contribution >= 4 is 21.8 Å². The molecule has 30 heavy (non-hydrogen) atoms. The van der Waals surface area contributed by atoms with Gasteiger partial charge in [0.2, 0.25) is 5.96 Å². The third-order valence-corrected chi connectivity index (χ3v) is 5.35. The van der Waals surface area contributed by atoms with Gasteiger partial charge in [0.1, 0.15) is 22.1 Å². The Labute approximate surface area is 175 Å². The molecule has 2 aromatic rings. The second-order valence-electron chi connectivity index (χ2n) is 6.41. The molecule has 1 aliphatic rings. The highest BCUT2D eigenvalue weighted by molar-refractivity contribution is 7.87. The van der Waals surface area contributed by atoms with Gasteiger partial charge in [0.25, 0.3) is 0 Å². The second kappa shape index (κ2) is 9.97. The van der Waals surface area contributed by atoms with Crippen LogP contribution < -0.4 is 24.4 Å². The summed E-state index contributed by atoms with van der Waals surface area (Å²) in [6.45, 7) is 3.76. The maximum atomic E-state index is 12.5. The van der Waals surface area contributed by atoms with Gasteiger partial charge in [0.05, 0.1) is 20.3 Å². The summed E-state index contributed by atoms with van der Waals surface area (Å²) in [6.07, 6.45) is 0.565. The molecule has 1 heterocycles. The second-order valence-corrected chi connectivity index (χ2v) is 7.96. The van der Waals surface area contributed by atoms with Crippen LogP contribution in [0.2, 0.25) is 0 Å². The third-order valence-electron chi connectivity index (χ3n) is 4.09. The predicted molar refractivity (Wildman–Crippen MR) is 114 cm³/mol. The molecule has 0 radical (unpaired) electrons. The van der Waals surface area contributed by atoms with Gasteiger partial charge in [-0.15, -0.1) is 0 Å². The van der Waals surface area contributed by atoms with E-state index in [1.54, 1.807) is 24.3 Å². The lowest BCUT2D eigenvalue weighted by molar-refractivity contribution is 0.324. The largest absolute Gasteiger partial charge is 0.496 e. The van der Waals surface area contributed by atoms with Crippen LogP contribution >= 0.6 is 0 Å². The zero-order valence-electron chi connectivity index (χ0n) is 16.8. The monoisotopic (exact) mass is 432 g/mol. The molecule has 0 aromatic heterocycles. The van der Waals surface area contributed by atoms with Crippen molar-refractivity contribution in [3.63, 3.8) is 0 Å². The van der Waals surface area contributed by atoms with Crippen molar-refractivity contribution < 1.29 is 22.1 Å². The smallest absolute Gasteiger partial charge is 0.339 e. The highest BCUT2D eigenvalue weighted by Gasteiger charge is 2.17. The van der Waals surface area contributed by atoms with E-state index < -0.39 is 10.1 Å². The maximum absolute atomic E-state index is 12.5. The minimum atomic E-state index is -3.96. The van der Waals surface area contributed by atoms with Crippen molar-refractivity contribution in [3.05, 3.63) is 48.5 Å². The van der Waals surface area contributed by atoms with Crippen molar-refractivity contribution in [1.82, 2.24) is 10.7 Å². The highest BCUT2D eigenvalue weighted by atomic mass is 32.2. The molecule has 10 heteroatoms. The molecule has 1 aliphatic heterocycles. The summed E-state index contributed by atoms with van der Waals surface area (Å²) < 4.78 is 41.1. The average Bonchev–Trinajstić information content (AvgIpc) is 3.26. The highest BCUT2D eigenvalue weighted by Crippen LogP contribution is 2.29. The summed E-state index contributed by atoms with van der Waals surface area (Å²) >= 11 is 0. The first kappa shape index (κ1) is 21.4. The number of hydrogen-bond acceptors (Lipinski definition) is 9. The number of hydrogen-bond donors (Lipinski definition) is 2. The fourth-order valence-corrected chi connectivity index (χ4v) is 3.49. The van der Waals surface area contributed by atoms with E-state index in [4.69, 9.17) is 13.7 Å². The first-order valence-electron chi connectivity index (χ1n) is 9.35. The quantitative estimate of drug-likeness (QED) is 0.355. The number of benzene rings is 2. The summed E-state index contributed by atoms with van der Waals surface area (Å²) in [7, 11) is -2.48. The van der Waals surface area contributed by atoms with Crippen LogP contribution in [0, 0.1) is 0 Å². The maximum Gasteiger partial charge on any atom is 0.339 e. The van der Waals surface area contributed by atoms with Gasteiger partial charge in [-0.25, -0.2) is 10.4 Å². The van der Waals surface area contributed by atoms with Crippen LogP contribution in [-0.2, 0) is 10.1 Å². The van der Waals surface area contributed by atoms with Crippen LogP contribution in [0.1, 0.15) is 13.3 Å². The standard InChI is InChI=1S/C20H24N4O5S/c1-15(23-24-20-21-9-10-22-20)8-11-28-17-12-16(27-2)13-18(14-17)29-30(25,26)19-6-4-3-5-7-19/h3-7,12-14H,8-11H2,1-2H3,(H2,21,22,24)/b23-15+. The Morgan fingerprint density at radius 1 is 1.17 bits per heavy atom. The molecule has 0 spiro atoms. The van der Waals surface area contributed by atoms with E-state index in [0.29, 0.717) is 30.5 Å². The Kier molecular flexibility index (Phi) is 7.12. The number of guanidine groups is 1. The van der Waals surface area contributed by atoms with Gasteiger partial charge in [-0.3, -0.25) is 0 Å². The average molecular weight is 433 g/mol. The fourth-order valence-electron chi connectivity index (χ4n) is 2.55. The van der Waals surface area contributed by atoms with Crippen molar-refractivity contribution in [3.8, 4) is 17.2 Å². The molecule has 0 atom stereocenters. The van der Waals surface area contributed by atoms with Gasteiger partial charge in [-0.1, -0.05) is 18.2 Å². The number of nitrogens with zero attached hydrogens (tertiary/aromatic N) is 2. The zero-order valence-corrected chi connectivity index (χ0v) is 17.6. The van der Waals surface area contributed by atoms with Gasteiger partial charge in [0, 0.05) is 36.9 Å². The van der Waals surface area contributed by atoms with Crippen LogP contribution in [0.15, 0.2) is 63.5 Å². The molecule has 0 unspecified atom stereocenters. The molecular formula is C20H24N4O5S. The molecule has 0 saturated carbocycles. The number of hydrazone groups is 1. The topological polar surface area (TPSA) is 111 Å². The summed E-state index contributed by atoms with van der Waals surface area (Å²) in [6, 6.07) is 12.6. The number of ether oxygens (including phenoxy) is 2. The van der Waals surface area contributed by atoms with E-state index in [1.165, 1.54) is 31.4 Å². The predicted octanol–water partition coefficient (Wildman–Crippen LogP) is 2.16. The summed E-state index contributed by atoms with van der Waals surface area (Å²) in [4.78, 5) is 4.26. The van der Waals surface area contributed by atoms with E-state index >= 15 is 0 Å². The lowest BCUT2D eigenvalue weighted by Crippen LogP contribution is -2.30. The van der Waals surface area contributed by atoms with Crippen molar-refractivity contribution in [2.45, 2.75) is 18.2 Å². The Balaban J connectivity index is 1.62. The molecule has 2 aromatic carbocycles. The summed E-state index contributed by atoms with van der Waals surface area (Å²) in [5, 5.41) is 7.30. The molecule has 0 aliphatic carbocycles. The van der Waals surface area contributed by atoms with Crippen molar-refractivity contribution in [2.24, 2.45) is 10.1 Å². The number of nitrogens with one attached hydrogen (secondary N) is 2. The van der Waals surface area contributed by atoms with Crippen LogP contribution in [0.5, 0.6) is 17.2 Å². The van der Waals surface area contributed by atoms with Gasteiger partial charge in [0.15, 0.2) is 0 Å². The third kappa shape index (κ3) is 6.11.